The Kier molecular flexibility index (Phi) is 3.07. The molecule has 0 aromatic heterocycles. The van der Waals surface area contributed by atoms with Crippen LogP contribution in [0.5, 0.6) is 0 Å². The van der Waals surface area contributed by atoms with Crippen LogP contribution in [0.2, 0.25) is 0 Å². The smallest absolute Gasteiger partial charge is 0.0920 e. The second-order valence-corrected chi connectivity index (χ2v) is 2.49. The summed E-state index contributed by atoms with van der Waals surface area (Å²) in [5.74, 6) is 0.399. The van der Waals surface area contributed by atoms with Crippen LogP contribution >= 0.6 is 0 Å². The Morgan fingerprint density at radius 1 is 1.11 bits per heavy atom. The average molecular weight is 126 g/mol. The lowest BCUT2D eigenvalue weighted by atomic mass is 10.2. The van der Waals surface area contributed by atoms with Crippen molar-refractivity contribution in [2.45, 2.75) is 27.7 Å². The van der Waals surface area contributed by atoms with Gasteiger partial charge in [0.25, 0.3) is 0 Å². The Bertz CT molecular complexity index is 144. The van der Waals surface area contributed by atoms with Gasteiger partial charge in [0.1, 0.15) is 0 Å². The Balaban J connectivity index is 4.25. The predicted molar refractivity (Wildman–Crippen MR) is 40.4 cm³/mol. The molecule has 0 atom stereocenters. The van der Waals surface area contributed by atoms with Crippen molar-refractivity contribution in [2.24, 2.45) is 0 Å². The molecule has 1 N–H and O–H groups in total. The molecular weight excluding hydrogens is 112 g/mol. The van der Waals surface area contributed by atoms with Crippen molar-refractivity contribution in [3.63, 3.8) is 0 Å². The maximum Gasteiger partial charge on any atom is 0.0920 e. The van der Waals surface area contributed by atoms with Gasteiger partial charge in [-0.3, -0.25) is 0 Å². The fourth-order valence-corrected chi connectivity index (χ4v) is 0.537. The molecule has 0 bridgehead atoms. The molecule has 1 heteroatoms. The van der Waals surface area contributed by atoms with E-state index >= 15 is 0 Å². The third-order valence-electron chi connectivity index (χ3n) is 1.08. The van der Waals surface area contributed by atoms with Crippen molar-refractivity contribution >= 4 is 0 Å². The number of hydrogen-bond acceptors (Lipinski definition) is 1. The van der Waals surface area contributed by atoms with Gasteiger partial charge in [0.15, 0.2) is 0 Å². The van der Waals surface area contributed by atoms with Crippen LogP contribution in [0.3, 0.4) is 0 Å². The van der Waals surface area contributed by atoms with Crippen molar-refractivity contribution < 1.29 is 5.11 Å². The van der Waals surface area contributed by atoms with Crippen LogP contribution in [-0.4, -0.2) is 5.11 Å². The van der Waals surface area contributed by atoms with Gasteiger partial charge in [0.05, 0.1) is 5.76 Å². The number of aliphatic hydroxyl groups is 1. The van der Waals surface area contributed by atoms with Crippen LogP contribution in [0.25, 0.3) is 0 Å². The van der Waals surface area contributed by atoms with Crippen LogP contribution in [-0.2, 0) is 0 Å². The molecule has 9 heavy (non-hydrogen) atoms. The van der Waals surface area contributed by atoms with E-state index in [2.05, 4.69) is 0 Å². The summed E-state index contributed by atoms with van der Waals surface area (Å²) >= 11 is 0. The fraction of sp³-hybridized carbons (Fsp3) is 0.500. The highest BCUT2D eigenvalue weighted by atomic mass is 16.3. The van der Waals surface area contributed by atoms with E-state index in [1.54, 1.807) is 6.92 Å². The van der Waals surface area contributed by atoms with Crippen LogP contribution in [0.1, 0.15) is 27.7 Å². The standard InChI is InChI=1S/C8H14O/c1-6(2)5-7(3)8(4)9/h5,9H,1-4H3/b8-7-. The lowest BCUT2D eigenvalue weighted by Crippen LogP contribution is -1.77. The minimum absolute atomic E-state index is 0.399. The topological polar surface area (TPSA) is 20.2 Å². The van der Waals surface area contributed by atoms with Crippen molar-refractivity contribution in [2.75, 3.05) is 0 Å². The van der Waals surface area contributed by atoms with E-state index in [-0.39, 0.29) is 0 Å². The molecule has 0 unspecified atom stereocenters. The average Bonchev–Trinajstić information content (AvgIpc) is 1.63. The van der Waals surface area contributed by atoms with E-state index in [9.17, 15) is 0 Å². The summed E-state index contributed by atoms with van der Waals surface area (Å²) in [6, 6.07) is 0. The summed E-state index contributed by atoms with van der Waals surface area (Å²) in [4.78, 5) is 0. The van der Waals surface area contributed by atoms with E-state index in [0.29, 0.717) is 5.76 Å². The maximum absolute atomic E-state index is 8.90. The molecule has 0 spiro atoms. The van der Waals surface area contributed by atoms with Gasteiger partial charge < -0.3 is 5.11 Å². The quantitative estimate of drug-likeness (QED) is 0.423. The summed E-state index contributed by atoms with van der Waals surface area (Å²) in [6.45, 7) is 7.59. The highest BCUT2D eigenvalue weighted by molar-refractivity contribution is 5.21. The summed E-state index contributed by atoms with van der Waals surface area (Å²) in [7, 11) is 0. The molecule has 0 aliphatic rings. The molecule has 0 radical (unpaired) electrons. The monoisotopic (exact) mass is 126 g/mol. The molecule has 0 aliphatic carbocycles. The Morgan fingerprint density at radius 3 is 1.67 bits per heavy atom. The first kappa shape index (κ1) is 8.28. The van der Waals surface area contributed by atoms with Crippen LogP contribution in [0, 0.1) is 0 Å². The lowest BCUT2D eigenvalue weighted by molar-refractivity contribution is 0.409. The van der Waals surface area contributed by atoms with Gasteiger partial charge in [0, 0.05) is 0 Å². The largest absolute Gasteiger partial charge is 0.512 e. The zero-order valence-electron chi connectivity index (χ0n) is 6.52. The van der Waals surface area contributed by atoms with Crippen LogP contribution < -0.4 is 0 Å². The third-order valence-corrected chi connectivity index (χ3v) is 1.08. The molecule has 0 heterocycles. The molecule has 0 amide bonds. The molecular formula is C8H14O. The number of aliphatic hydroxyl groups excluding tert-OH is 1. The normalized spacial score (nSPS) is 12.4. The van der Waals surface area contributed by atoms with Gasteiger partial charge in [-0.1, -0.05) is 11.6 Å². The molecule has 0 aromatic rings. The number of allylic oxidation sites excluding steroid dienone is 4. The maximum atomic E-state index is 8.90. The lowest BCUT2D eigenvalue weighted by Gasteiger charge is -1.94. The van der Waals surface area contributed by atoms with Gasteiger partial charge in [-0.2, -0.15) is 0 Å². The zero-order chi connectivity index (χ0) is 7.44. The van der Waals surface area contributed by atoms with Gasteiger partial charge in [-0.25, -0.2) is 0 Å². The second kappa shape index (κ2) is 3.33. The molecule has 0 aromatic carbocycles. The summed E-state index contributed by atoms with van der Waals surface area (Å²) < 4.78 is 0. The van der Waals surface area contributed by atoms with E-state index < -0.39 is 0 Å². The third kappa shape index (κ3) is 3.83. The van der Waals surface area contributed by atoms with E-state index in [0.717, 1.165) is 5.57 Å². The highest BCUT2D eigenvalue weighted by Gasteiger charge is 1.87. The first-order valence-electron chi connectivity index (χ1n) is 3.05. The summed E-state index contributed by atoms with van der Waals surface area (Å²) in [6.07, 6.45) is 1.95. The minimum Gasteiger partial charge on any atom is -0.512 e. The van der Waals surface area contributed by atoms with Crippen LogP contribution in [0.4, 0.5) is 0 Å². The van der Waals surface area contributed by atoms with Crippen LogP contribution in [0.15, 0.2) is 23.0 Å². The van der Waals surface area contributed by atoms with E-state index in [1.165, 1.54) is 5.57 Å². The van der Waals surface area contributed by atoms with Crippen molar-refractivity contribution in [1.82, 2.24) is 0 Å². The van der Waals surface area contributed by atoms with E-state index in [4.69, 9.17) is 5.11 Å². The van der Waals surface area contributed by atoms with Gasteiger partial charge in [-0.15, -0.1) is 0 Å². The van der Waals surface area contributed by atoms with Crippen molar-refractivity contribution in [3.8, 4) is 0 Å². The SMILES string of the molecule is CC(C)=C/C(C)=C(/C)O. The number of rotatable bonds is 1. The molecule has 52 valence electrons. The van der Waals surface area contributed by atoms with Crippen molar-refractivity contribution in [3.05, 3.63) is 23.0 Å². The first-order chi connectivity index (χ1) is 4.04. The second-order valence-electron chi connectivity index (χ2n) is 2.49. The Morgan fingerprint density at radius 2 is 1.56 bits per heavy atom. The zero-order valence-corrected chi connectivity index (χ0v) is 6.52. The molecule has 1 nitrogen and oxygen atoms in total. The summed E-state index contributed by atoms with van der Waals surface area (Å²) in [5.41, 5.74) is 2.15. The van der Waals surface area contributed by atoms with Gasteiger partial charge in [-0.05, 0) is 33.3 Å². The fourth-order valence-electron chi connectivity index (χ4n) is 0.537. The van der Waals surface area contributed by atoms with Crippen molar-refractivity contribution in [1.29, 1.82) is 0 Å². The Labute approximate surface area is 56.7 Å². The minimum atomic E-state index is 0.399. The number of hydrogen-bond donors (Lipinski definition) is 1. The molecule has 0 aliphatic heterocycles. The van der Waals surface area contributed by atoms with Gasteiger partial charge >= 0.3 is 0 Å². The highest BCUT2D eigenvalue weighted by Crippen LogP contribution is 2.03. The first-order valence-corrected chi connectivity index (χ1v) is 3.05. The molecule has 0 rings (SSSR count). The Hall–Kier alpha value is -0.720. The summed E-state index contributed by atoms with van der Waals surface area (Å²) in [5, 5.41) is 8.90. The molecule has 0 saturated heterocycles. The van der Waals surface area contributed by atoms with E-state index in [1.807, 2.05) is 26.8 Å². The molecule has 0 saturated carbocycles. The molecule has 0 fully saturated rings. The van der Waals surface area contributed by atoms with Gasteiger partial charge in [0.2, 0.25) is 0 Å². The predicted octanol–water partition coefficient (Wildman–Crippen LogP) is 2.80.